The third kappa shape index (κ3) is 0.640. The van der Waals surface area contributed by atoms with Crippen LogP contribution in [0, 0.1) is 0 Å². The van der Waals surface area contributed by atoms with Gasteiger partial charge in [-0.2, -0.15) is 0 Å². The number of amides is 1. The topological polar surface area (TPSA) is 20.3 Å². The molecule has 3 heteroatoms. The van der Waals surface area contributed by atoms with E-state index < -0.39 is 0 Å². The minimum absolute atomic E-state index is 0.0718. The van der Waals surface area contributed by atoms with Crippen LogP contribution < -0.4 is 0 Å². The Morgan fingerprint density at radius 2 is 2.50 bits per heavy atom. The summed E-state index contributed by atoms with van der Waals surface area (Å²) in [5.74, 6) is -0.113. The van der Waals surface area contributed by atoms with Crippen LogP contribution >= 0.6 is 0 Å². The number of rotatable bonds is 0. The van der Waals surface area contributed by atoms with E-state index in [1.54, 1.807) is 6.08 Å². The Morgan fingerprint density at radius 3 is 2.62 bits per heavy atom. The maximum Gasteiger partial charge on any atom is 0.233 e. The van der Waals surface area contributed by atoms with Crippen molar-refractivity contribution in [2.45, 2.75) is 13.0 Å². The molecule has 8 heavy (non-hydrogen) atoms. The number of hydrogen-bond donors (Lipinski definition) is 0. The van der Waals surface area contributed by atoms with Crippen LogP contribution in [0.2, 0.25) is 0 Å². The molecule has 0 aromatic heterocycles. The molecule has 0 aromatic carbocycles. The first-order valence-electron chi connectivity index (χ1n) is 2.48. The number of nitrogens with zero attached hydrogens (tertiary/aromatic N) is 1. The van der Waals surface area contributed by atoms with Crippen LogP contribution in [0.25, 0.3) is 0 Å². The molecular weight excluding hydrogens is 101 g/mol. The molecule has 1 atom stereocenters. The Labute approximate surface area is 49.6 Å². The maximum atomic E-state index is 10.5. The van der Waals surface area contributed by atoms with Gasteiger partial charge in [0.05, 0.1) is 0 Å². The van der Waals surface area contributed by atoms with Gasteiger partial charge in [0, 0.05) is 6.04 Å². The molecule has 1 heterocycles. The predicted octanol–water partition coefficient (Wildman–Crippen LogP) is -0.143. The van der Waals surface area contributed by atoms with Gasteiger partial charge in [-0.05, 0) is 13.0 Å². The van der Waals surface area contributed by atoms with E-state index in [1.165, 1.54) is 10.9 Å². The predicted molar refractivity (Wildman–Crippen MR) is 31.2 cm³/mol. The lowest BCUT2D eigenvalue weighted by molar-refractivity contribution is -0.121. The smallest absolute Gasteiger partial charge is 0.233 e. The van der Waals surface area contributed by atoms with Crippen LogP contribution in [-0.4, -0.2) is 24.7 Å². The molecule has 0 spiro atoms. The molecule has 0 aliphatic carbocycles. The van der Waals surface area contributed by atoms with Crippen molar-refractivity contribution in [1.29, 1.82) is 0 Å². The molecule has 0 saturated carbocycles. The van der Waals surface area contributed by atoms with Crippen molar-refractivity contribution in [1.82, 2.24) is 4.81 Å². The van der Waals surface area contributed by atoms with Crippen LogP contribution in [0.5, 0.6) is 0 Å². The molecule has 0 aromatic rings. The second-order valence-corrected chi connectivity index (χ2v) is 1.85. The highest BCUT2D eigenvalue weighted by Gasteiger charge is 2.15. The number of hydrogen-bond acceptors (Lipinski definition) is 1. The SMILES string of the molecule is [B]N1C(=O)C=CC1C. The molecule has 1 unspecified atom stereocenters. The largest absolute Gasteiger partial charge is 0.388 e. The standard InChI is InChI=1S/C5H6BNO/c1-4-2-3-5(8)7(4)6/h2-4H,1H3. The summed E-state index contributed by atoms with van der Waals surface area (Å²) >= 11 is 0. The molecule has 2 nitrogen and oxygen atoms in total. The molecule has 40 valence electrons. The zero-order valence-corrected chi connectivity index (χ0v) is 4.66. The quantitative estimate of drug-likeness (QED) is 0.394. The molecule has 1 rings (SSSR count). The third-order valence-corrected chi connectivity index (χ3v) is 1.21. The second-order valence-electron chi connectivity index (χ2n) is 1.85. The lowest BCUT2D eigenvalue weighted by Gasteiger charge is -2.14. The van der Waals surface area contributed by atoms with Crippen molar-refractivity contribution >= 4 is 13.9 Å². The van der Waals surface area contributed by atoms with Gasteiger partial charge in [0.1, 0.15) is 0 Å². The molecule has 0 fully saturated rings. The van der Waals surface area contributed by atoms with Crippen molar-refractivity contribution in [2.24, 2.45) is 0 Å². The molecule has 0 N–H and O–H groups in total. The van der Waals surface area contributed by atoms with E-state index in [0.717, 1.165) is 0 Å². The fraction of sp³-hybridized carbons (Fsp3) is 0.400. The lowest BCUT2D eigenvalue weighted by atomic mass is 10.2. The van der Waals surface area contributed by atoms with E-state index in [4.69, 9.17) is 7.98 Å². The first-order valence-corrected chi connectivity index (χ1v) is 2.48. The highest BCUT2D eigenvalue weighted by atomic mass is 16.2. The monoisotopic (exact) mass is 107 g/mol. The van der Waals surface area contributed by atoms with E-state index >= 15 is 0 Å². The summed E-state index contributed by atoms with van der Waals surface area (Å²) in [5, 5.41) is 0. The fourth-order valence-corrected chi connectivity index (χ4v) is 0.601. The number of carbonyl (C=O) groups is 1. The van der Waals surface area contributed by atoms with E-state index in [-0.39, 0.29) is 11.9 Å². The molecular formula is C5H6BNO. The molecule has 1 aliphatic heterocycles. The van der Waals surface area contributed by atoms with Gasteiger partial charge >= 0.3 is 0 Å². The van der Waals surface area contributed by atoms with Crippen molar-refractivity contribution in [3.05, 3.63) is 12.2 Å². The summed E-state index contributed by atoms with van der Waals surface area (Å²) in [6.07, 6.45) is 3.24. The normalized spacial score (nSPS) is 27.4. The van der Waals surface area contributed by atoms with E-state index in [1.807, 2.05) is 6.92 Å². The molecule has 1 aliphatic rings. The highest BCUT2D eigenvalue weighted by Crippen LogP contribution is 2.04. The molecule has 1 amide bonds. The molecule has 0 bridgehead atoms. The Kier molecular flexibility index (Phi) is 1.12. The average Bonchev–Trinajstić information content (AvgIpc) is 1.98. The van der Waals surface area contributed by atoms with Gasteiger partial charge in [0.15, 0.2) is 0 Å². The van der Waals surface area contributed by atoms with Crippen molar-refractivity contribution in [3.63, 3.8) is 0 Å². The van der Waals surface area contributed by atoms with E-state index in [0.29, 0.717) is 0 Å². The van der Waals surface area contributed by atoms with Crippen LogP contribution in [0.3, 0.4) is 0 Å². The Morgan fingerprint density at radius 1 is 1.88 bits per heavy atom. The third-order valence-electron chi connectivity index (χ3n) is 1.21. The first kappa shape index (κ1) is 5.41. The van der Waals surface area contributed by atoms with Gasteiger partial charge in [0.25, 0.3) is 0 Å². The van der Waals surface area contributed by atoms with E-state index in [2.05, 4.69) is 0 Å². The zero-order valence-electron chi connectivity index (χ0n) is 4.66. The van der Waals surface area contributed by atoms with Gasteiger partial charge in [0.2, 0.25) is 13.9 Å². The summed E-state index contributed by atoms with van der Waals surface area (Å²) in [7, 11) is 5.24. The summed E-state index contributed by atoms with van der Waals surface area (Å²) in [6.45, 7) is 1.86. The average molecular weight is 107 g/mol. The fourth-order valence-electron chi connectivity index (χ4n) is 0.601. The van der Waals surface area contributed by atoms with Crippen LogP contribution in [0.1, 0.15) is 6.92 Å². The minimum atomic E-state index is -0.113. The lowest BCUT2D eigenvalue weighted by Crippen LogP contribution is -2.28. The highest BCUT2D eigenvalue weighted by molar-refractivity contribution is 6.18. The van der Waals surface area contributed by atoms with Crippen molar-refractivity contribution in [2.75, 3.05) is 0 Å². The Hall–Kier alpha value is -0.725. The summed E-state index contributed by atoms with van der Waals surface area (Å²) in [6, 6.07) is 0.0718. The van der Waals surface area contributed by atoms with Crippen LogP contribution in [0.15, 0.2) is 12.2 Å². The number of carbonyl (C=O) groups excluding carboxylic acids is 1. The van der Waals surface area contributed by atoms with E-state index in [9.17, 15) is 4.79 Å². The Bertz CT molecular complexity index is 143. The zero-order chi connectivity index (χ0) is 6.15. The minimum Gasteiger partial charge on any atom is -0.388 e. The van der Waals surface area contributed by atoms with Crippen molar-refractivity contribution in [3.8, 4) is 0 Å². The summed E-state index contributed by atoms with van der Waals surface area (Å²) in [4.78, 5) is 11.7. The van der Waals surface area contributed by atoms with Crippen LogP contribution in [0.4, 0.5) is 0 Å². The first-order chi connectivity index (χ1) is 3.72. The Balaban J connectivity index is 2.69. The maximum absolute atomic E-state index is 10.5. The second kappa shape index (κ2) is 1.65. The van der Waals surface area contributed by atoms with Gasteiger partial charge < -0.3 is 4.81 Å². The van der Waals surface area contributed by atoms with Crippen molar-refractivity contribution < 1.29 is 4.79 Å². The summed E-state index contributed by atoms with van der Waals surface area (Å²) < 4.78 is 0. The van der Waals surface area contributed by atoms with Gasteiger partial charge in [-0.3, -0.25) is 4.79 Å². The van der Waals surface area contributed by atoms with Gasteiger partial charge in [-0.1, -0.05) is 6.08 Å². The van der Waals surface area contributed by atoms with Gasteiger partial charge in [-0.25, -0.2) is 0 Å². The summed E-state index contributed by atoms with van der Waals surface area (Å²) in [5.41, 5.74) is 0. The van der Waals surface area contributed by atoms with Crippen LogP contribution in [-0.2, 0) is 4.79 Å². The molecule has 2 radical (unpaired) electrons. The molecule has 0 saturated heterocycles. The van der Waals surface area contributed by atoms with Gasteiger partial charge in [-0.15, -0.1) is 0 Å².